The largest absolute Gasteiger partial charge is 0.488 e. The average Bonchev–Trinajstić information content (AvgIpc) is 2.65. The predicted octanol–water partition coefficient (Wildman–Crippen LogP) is 6.98. The molecule has 1 nitrogen and oxygen atoms in total. The molecule has 0 spiro atoms. The number of ether oxygens (including phenoxy) is 1. The van der Waals surface area contributed by atoms with Crippen LogP contribution in [0.4, 0.5) is 0 Å². The van der Waals surface area contributed by atoms with E-state index in [0.717, 1.165) is 5.75 Å². The zero-order valence-electron chi connectivity index (χ0n) is 15.5. The molecule has 0 N–H and O–H groups in total. The summed E-state index contributed by atoms with van der Waals surface area (Å²) in [6.07, 6.45) is 0. The lowest BCUT2D eigenvalue weighted by Crippen LogP contribution is -2.06. The highest BCUT2D eigenvalue weighted by molar-refractivity contribution is 5.97. The highest BCUT2D eigenvalue weighted by atomic mass is 16.5. The molecule has 0 aromatic heterocycles. The summed E-state index contributed by atoms with van der Waals surface area (Å²) in [5, 5.41) is 5.12. The molecule has 0 fully saturated rings. The number of hydrogen-bond donors (Lipinski definition) is 0. The Hall–Kier alpha value is -2.80. The zero-order valence-corrected chi connectivity index (χ0v) is 15.5. The van der Waals surface area contributed by atoms with Gasteiger partial charge in [-0.3, -0.25) is 0 Å². The normalized spacial score (nSPS) is 12.9. The Morgan fingerprint density at radius 2 is 1.62 bits per heavy atom. The highest BCUT2D eigenvalue weighted by Crippen LogP contribution is 2.42. The van der Waals surface area contributed by atoms with E-state index < -0.39 is 0 Å². The molecular formula is C25H22O. The maximum absolute atomic E-state index is 6.20. The van der Waals surface area contributed by atoms with E-state index in [0.29, 0.717) is 12.5 Å². The van der Waals surface area contributed by atoms with Crippen LogP contribution in [0.2, 0.25) is 0 Å². The molecule has 4 aromatic rings. The number of fused-ring (bicyclic) bond motifs is 6. The average molecular weight is 338 g/mol. The van der Waals surface area contributed by atoms with Crippen LogP contribution >= 0.6 is 0 Å². The summed E-state index contributed by atoms with van der Waals surface area (Å²) in [5.74, 6) is 1.53. The van der Waals surface area contributed by atoms with Crippen molar-refractivity contribution < 1.29 is 4.74 Å². The molecule has 0 unspecified atom stereocenters. The predicted molar refractivity (Wildman–Crippen MR) is 110 cm³/mol. The van der Waals surface area contributed by atoms with Gasteiger partial charge in [0.05, 0.1) is 0 Å². The molecule has 0 atom stereocenters. The summed E-state index contributed by atoms with van der Waals surface area (Å²) in [6.45, 7) is 7.25. The molecule has 1 aliphatic heterocycles. The Kier molecular flexibility index (Phi) is 3.33. The van der Waals surface area contributed by atoms with Crippen molar-refractivity contribution in [3.63, 3.8) is 0 Å². The van der Waals surface area contributed by atoms with Crippen molar-refractivity contribution in [2.75, 3.05) is 0 Å². The standard InChI is InChI=1S/C25H22O/c1-15(2)17-5-6-18-12-23-22-9-7-19-10-16(3)4-8-21(19)24(22)14-26-25(23)13-20(18)11-17/h4-13,15H,14H2,1-3H3. The Labute approximate surface area is 154 Å². The second-order valence-electron chi connectivity index (χ2n) is 7.71. The van der Waals surface area contributed by atoms with Crippen molar-refractivity contribution in [1.82, 2.24) is 0 Å². The monoisotopic (exact) mass is 338 g/mol. The number of benzene rings is 4. The minimum atomic E-state index is 0.534. The van der Waals surface area contributed by atoms with Crippen molar-refractivity contribution in [2.24, 2.45) is 0 Å². The van der Waals surface area contributed by atoms with Gasteiger partial charge in [-0.25, -0.2) is 0 Å². The molecule has 26 heavy (non-hydrogen) atoms. The van der Waals surface area contributed by atoms with Crippen LogP contribution in [0.3, 0.4) is 0 Å². The fourth-order valence-corrected chi connectivity index (χ4v) is 4.06. The first-order valence-electron chi connectivity index (χ1n) is 9.33. The van der Waals surface area contributed by atoms with Crippen molar-refractivity contribution in [3.8, 4) is 16.9 Å². The highest BCUT2D eigenvalue weighted by Gasteiger charge is 2.20. The van der Waals surface area contributed by atoms with Gasteiger partial charge >= 0.3 is 0 Å². The Morgan fingerprint density at radius 3 is 2.46 bits per heavy atom. The second kappa shape index (κ2) is 5.60. The topological polar surface area (TPSA) is 9.23 Å². The lowest BCUT2D eigenvalue weighted by molar-refractivity contribution is 0.304. The summed E-state index contributed by atoms with van der Waals surface area (Å²) in [6, 6.07) is 22.4. The Balaban J connectivity index is 1.74. The van der Waals surface area contributed by atoms with E-state index in [-0.39, 0.29) is 0 Å². The molecular weight excluding hydrogens is 316 g/mol. The molecule has 5 rings (SSSR count). The van der Waals surface area contributed by atoms with E-state index in [4.69, 9.17) is 4.74 Å². The van der Waals surface area contributed by atoms with Gasteiger partial charge in [0.1, 0.15) is 12.4 Å². The Bertz CT molecular complexity index is 1170. The van der Waals surface area contributed by atoms with Gasteiger partial charge in [0.15, 0.2) is 0 Å². The molecule has 0 bridgehead atoms. The molecule has 128 valence electrons. The molecule has 0 amide bonds. The second-order valence-corrected chi connectivity index (χ2v) is 7.71. The number of aryl methyl sites for hydroxylation is 1. The summed E-state index contributed by atoms with van der Waals surface area (Å²) in [7, 11) is 0. The fourth-order valence-electron chi connectivity index (χ4n) is 4.06. The molecule has 0 saturated heterocycles. The smallest absolute Gasteiger partial charge is 0.128 e. The molecule has 0 aliphatic carbocycles. The van der Waals surface area contributed by atoms with Crippen molar-refractivity contribution in [3.05, 3.63) is 77.4 Å². The SMILES string of the molecule is Cc1ccc2c3c(ccc2c1)-c1cc2ccc(C(C)C)cc2cc1OC3. The Morgan fingerprint density at radius 1 is 0.769 bits per heavy atom. The van der Waals surface area contributed by atoms with E-state index in [1.54, 1.807) is 0 Å². The lowest BCUT2D eigenvalue weighted by Gasteiger charge is -2.23. The third kappa shape index (κ3) is 2.31. The summed E-state index contributed by atoms with van der Waals surface area (Å²) < 4.78 is 6.20. The van der Waals surface area contributed by atoms with Gasteiger partial charge in [0.2, 0.25) is 0 Å². The van der Waals surface area contributed by atoms with E-state index in [1.165, 1.54) is 49.4 Å². The number of hydrogen-bond acceptors (Lipinski definition) is 1. The van der Waals surface area contributed by atoms with Crippen LogP contribution in [-0.2, 0) is 6.61 Å². The van der Waals surface area contributed by atoms with Crippen LogP contribution in [0.15, 0.2) is 60.7 Å². The third-order valence-electron chi connectivity index (χ3n) is 5.58. The van der Waals surface area contributed by atoms with Gasteiger partial charge in [-0.05, 0) is 57.6 Å². The van der Waals surface area contributed by atoms with Gasteiger partial charge in [0.25, 0.3) is 0 Å². The lowest BCUT2D eigenvalue weighted by atomic mass is 9.90. The first kappa shape index (κ1) is 15.5. The molecule has 4 aromatic carbocycles. The molecule has 0 saturated carbocycles. The maximum atomic E-state index is 6.20. The van der Waals surface area contributed by atoms with E-state index in [9.17, 15) is 0 Å². The first-order chi connectivity index (χ1) is 12.6. The zero-order chi connectivity index (χ0) is 17.8. The summed E-state index contributed by atoms with van der Waals surface area (Å²) in [5.41, 5.74) is 6.47. The van der Waals surface area contributed by atoms with Gasteiger partial charge in [-0.15, -0.1) is 0 Å². The van der Waals surface area contributed by atoms with E-state index in [1.807, 2.05) is 0 Å². The minimum absolute atomic E-state index is 0.534. The molecule has 1 heteroatoms. The quantitative estimate of drug-likeness (QED) is 0.363. The minimum Gasteiger partial charge on any atom is -0.488 e. The van der Waals surface area contributed by atoms with E-state index >= 15 is 0 Å². The van der Waals surface area contributed by atoms with Crippen LogP contribution in [0.5, 0.6) is 5.75 Å². The van der Waals surface area contributed by atoms with E-state index in [2.05, 4.69) is 81.4 Å². The van der Waals surface area contributed by atoms with Gasteiger partial charge in [-0.1, -0.05) is 67.9 Å². The van der Waals surface area contributed by atoms with Crippen molar-refractivity contribution >= 4 is 21.5 Å². The van der Waals surface area contributed by atoms with Crippen LogP contribution in [0, 0.1) is 6.92 Å². The van der Waals surface area contributed by atoms with Crippen LogP contribution in [0.25, 0.3) is 32.7 Å². The van der Waals surface area contributed by atoms with Crippen molar-refractivity contribution in [1.29, 1.82) is 0 Å². The third-order valence-corrected chi connectivity index (χ3v) is 5.58. The first-order valence-corrected chi connectivity index (χ1v) is 9.33. The maximum Gasteiger partial charge on any atom is 0.128 e. The molecule has 1 heterocycles. The van der Waals surface area contributed by atoms with Gasteiger partial charge in [-0.2, -0.15) is 0 Å². The van der Waals surface area contributed by atoms with Gasteiger partial charge < -0.3 is 4.74 Å². The summed E-state index contributed by atoms with van der Waals surface area (Å²) in [4.78, 5) is 0. The molecule has 0 radical (unpaired) electrons. The van der Waals surface area contributed by atoms with Crippen LogP contribution in [0.1, 0.15) is 36.5 Å². The molecule has 1 aliphatic rings. The van der Waals surface area contributed by atoms with Crippen LogP contribution < -0.4 is 4.74 Å². The van der Waals surface area contributed by atoms with Gasteiger partial charge in [0, 0.05) is 11.1 Å². The number of rotatable bonds is 1. The summed E-state index contributed by atoms with van der Waals surface area (Å²) >= 11 is 0. The van der Waals surface area contributed by atoms with Crippen LogP contribution in [-0.4, -0.2) is 0 Å². The fraction of sp³-hybridized carbons (Fsp3) is 0.200. The van der Waals surface area contributed by atoms with Crippen molar-refractivity contribution in [2.45, 2.75) is 33.3 Å².